The molecule has 1 unspecified atom stereocenters. The minimum absolute atomic E-state index is 0.108. The van der Waals surface area contributed by atoms with Gasteiger partial charge in [0.1, 0.15) is 6.61 Å². The van der Waals surface area contributed by atoms with Gasteiger partial charge in [-0.15, -0.1) is 6.58 Å². The molecule has 0 spiro atoms. The van der Waals surface area contributed by atoms with Crippen LogP contribution < -0.4 is 0 Å². The highest BCUT2D eigenvalue weighted by Crippen LogP contribution is 1.90. The van der Waals surface area contributed by atoms with Crippen molar-refractivity contribution in [2.45, 2.75) is 13.0 Å². The summed E-state index contributed by atoms with van der Waals surface area (Å²) in [6.07, 6.45) is 3.79. The van der Waals surface area contributed by atoms with Gasteiger partial charge in [-0.25, -0.2) is 0 Å². The molecule has 1 atom stereocenters. The Kier molecular flexibility index (Phi) is 6.46. The molecule has 0 fully saturated rings. The molecule has 0 heterocycles. The van der Waals surface area contributed by atoms with Crippen LogP contribution in [0.25, 0.3) is 0 Å². The fourth-order valence-electron chi connectivity index (χ4n) is 0.343. The highest BCUT2D eigenvalue weighted by atomic mass is 32.2. The maximum absolute atomic E-state index is 5.19. The van der Waals surface area contributed by atoms with E-state index in [9.17, 15) is 0 Å². The zero-order valence-corrected chi connectivity index (χ0v) is 7.20. The Bertz CT molecular complexity index is 143. The summed E-state index contributed by atoms with van der Waals surface area (Å²) < 4.78 is 5.19. The van der Waals surface area contributed by atoms with Gasteiger partial charge in [-0.3, -0.25) is 0 Å². The zero-order valence-electron chi connectivity index (χ0n) is 6.39. The Hall–Kier alpha value is -0.390. The minimum atomic E-state index is 0.108. The highest BCUT2D eigenvalue weighted by Gasteiger charge is 1.89. The van der Waals surface area contributed by atoms with Crippen LogP contribution in [0, 0.1) is 11.2 Å². The quantitative estimate of drug-likeness (QED) is 0.456. The van der Waals surface area contributed by atoms with Gasteiger partial charge in [-0.1, -0.05) is 23.8 Å². The molecule has 0 rings (SSSR count). The second-order valence-electron chi connectivity index (χ2n) is 1.73. The molecule has 0 amide bonds. The summed E-state index contributed by atoms with van der Waals surface area (Å²) in [6.45, 7) is 6.01. The molecule has 0 aliphatic rings. The first kappa shape index (κ1) is 9.61. The Labute approximate surface area is 66.8 Å². The third-order valence-electron chi connectivity index (χ3n) is 0.925. The lowest BCUT2D eigenvalue weighted by Gasteiger charge is -2.02. The molecule has 0 aromatic carbocycles. The van der Waals surface area contributed by atoms with Crippen molar-refractivity contribution in [1.29, 1.82) is 0 Å². The van der Waals surface area contributed by atoms with Crippen molar-refractivity contribution in [3.8, 4) is 11.2 Å². The maximum Gasteiger partial charge on any atom is 0.109 e. The van der Waals surface area contributed by atoms with Crippen LogP contribution in [0.4, 0.5) is 0 Å². The van der Waals surface area contributed by atoms with E-state index >= 15 is 0 Å². The summed E-state index contributed by atoms with van der Waals surface area (Å²) in [5, 5.41) is 2.84. The van der Waals surface area contributed by atoms with Crippen LogP contribution in [-0.4, -0.2) is 19.0 Å². The number of hydrogen-bond acceptors (Lipinski definition) is 2. The van der Waals surface area contributed by atoms with Crippen molar-refractivity contribution < 1.29 is 4.74 Å². The van der Waals surface area contributed by atoms with Crippen molar-refractivity contribution in [1.82, 2.24) is 0 Å². The molecule has 0 aliphatic carbocycles. The van der Waals surface area contributed by atoms with Crippen LogP contribution in [0.5, 0.6) is 0 Å². The molecule has 2 heteroatoms. The molecule has 0 bridgehead atoms. The van der Waals surface area contributed by atoms with Gasteiger partial charge >= 0.3 is 0 Å². The molecular weight excluding hydrogens is 144 g/mol. The van der Waals surface area contributed by atoms with E-state index in [0.29, 0.717) is 6.61 Å². The smallest absolute Gasteiger partial charge is 0.109 e. The van der Waals surface area contributed by atoms with E-state index in [1.54, 1.807) is 6.08 Å². The molecule has 0 N–H and O–H groups in total. The second kappa shape index (κ2) is 6.73. The van der Waals surface area contributed by atoms with Crippen molar-refractivity contribution in [3.63, 3.8) is 0 Å². The van der Waals surface area contributed by atoms with Crippen LogP contribution in [-0.2, 0) is 4.74 Å². The summed E-state index contributed by atoms with van der Waals surface area (Å²) in [4.78, 5) is 0. The van der Waals surface area contributed by atoms with E-state index in [1.165, 1.54) is 11.8 Å². The predicted octanol–water partition coefficient (Wildman–Crippen LogP) is 1.90. The van der Waals surface area contributed by atoms with Gasteiger partial charge < -0.3 is 4.74 Å². The van der Waals surface area contributed by atoms with Gasteiger partial charge in [0.2, 0.25) is 0 Å². The molecular formula is C8H12OS. The van der Waals surface area contributed by atoms with Crippen LogP contribution in [0.15, 0.2) is 12.7 Å². The largest absolute Gasteiger partial charge is 0.362 e. The summed E-state index contributed by atoms with van der Waals surface area (Å²) in [7, 11) is 0. The van der Waals surface area contributed by atoms with Crippen molar-refractivity contribution >= 4 is 11.8 Å². The molecule has 1 nitrogen and oxygen atoms in total. The van der Waals surface area contributed by atoms with Crippen LogP contribution in [0.1, 0.15) is 6.92 Å². The normalized spacial score (nSPS) is 11.4. The number of ether oxygens (including phenoxy) is 1. The first-order valence-corrected chi connectivity index (χ1v) is 4.28. The number of rotatable bonds is 3. The first-order valence-electron chi connectivity index (χ1n) is 3.06. The molecule has 0 saturated heterocycles. The lowest BCUT2D eigenvalue weighted by Crippen LogP contribution is -2.03. The third kappa shape index (κ3) is 5.74. The maximum atomic E-state index is 5.19. The standard InChI is InChI=1S/C8H12OS/c1-4-8(2)9-6-5-7-10-3/h4,8H,1,6H2,2-3H3. The van der Waals surface area contributed by atoms with Gasteiger partial charge in [0.25, 0.3) is 0 Å². The Morgan fingerprint density at radius 2 is 2.50 bits per heavy atom. The fourth-order valence-corrected chi connectivity index (χ4v) is 0.546. The van der Waals surface area contributed by atoms with Gasteiger partial charge in [0.05, 0.1) is 6.10 Å². The minimum Gasteiger partial charge on any atom is -0.362 e. The van der Waals surface area contributed by atoms with E-state index in [4.69, 9.17) is 4.74 Å². The monoisotopic (exact) mass is 156 g/mol. The SMILES string of the molecule is C=CC(C)OCC#CSC. The Morgan fingerprint density at radius 1 is 1.80 bits per heavy atom. The highest BCUT2D eigenvalue weighted by molar-refractivity contribution is 8.03. The second-order valence-corrected chi connectivity index (χ2v) is 2.35. The van der Waals surface area contributed by atoms with E-state index in [-0.39, 0.29) is 6.10 Å². The van der Waals surface area contributed by atoms with Gasteiger partial charge in [0, 0.05) is 0 Å². The summed E-state index contributed by atoms with van der Waals surface area (Å²) >= 11 is 1.49. The lowest BCUT2D eigenvalue weighted by atomic mass is 10.4. The predicted molar refractivity (Wildman–Crippen MR) is 46.9 cm³/mol. The Morgan fingerprint density at radius 3 is 3.00 bits per heavy atom. The summed E-state index contributed by atoms with van der Waals surface area (Å²) in [5.74, 6) is 2.84. The van der Waals surface area contributed by atoms with Crippen LogP contribution >= 0.6 is 11.8 Å². The first-order chi connectivity index (χ1) is 4.81. The van der Waals surface area contributed by atoms with E-state index in [0.717, 1.165) is 0 Å². The molecule has 0 aromatic heterocycles. The molecule has 0 radical (unpaired) electrons. The molecule has 0 saturated carbocycles. The van der Waals surface area contributed by atoms with E-state index < -0.39 is 0 Å². The van der Waals surface area contributed by atoms with Crippen LogP contribution in [0.3, 0.4) is 0 Å². The van der Waals surface area contributed by atoms with Gasteiger partial charge in [0.15, 0.2) is 0 Å². The summed E-state index contributed by atoms with van der Waals surface area (Å²) in [6, 6.07) is 0. The Balaban J connectivity index is 3.27. The van der Waals surface area contributed by atoms with Gasteiger partial charge in [-0.05, 0) is 18.4 Å². The van der Waals surface area contributed by atoms with Gasteiger partial charge in [-0.2, -0.15) is 0 Å². The lowest BCUT2D eigenvalue weighted by molar-refractivity contribution is 0.127. The van der Waals surface area contributed by atoms with E-state index in [2.05, 4.69) is 17.8 Å². The topological polar surface area (TPSA) is 9.23 Å². The van der Waals surface area contributed by atoms with Crippen LogP contribution in [0.2, 0.25) is 0 Å². The average Bonchev–Trinajstić information content (AvgIpc) is 1.98. The number of thioether (sulfide) groups is 1. The summed E-state index contributed by atoms with van der Waals surface area (Å²) in [5.41, 5.74) is 0. The molecule has 10 heavy (non-hydrogen) atoms. The zero-order chi connectivity index (χ0) is 7.82. The number of hydrogen-bond donors (Lipinski definition) is 0. The fraction of sp³-hybridized carbons (Fsp3) is 0.500. The van der Waals surface area contributed by atoms with E-state index in [1.807, 2.05) is 13.2 Å². The van der Waals surface area contributed by atoms with Crippen molar-refractivity contribution in [3.05, 3.63) is 12.7 Å². The molecule has 0 aliphatic heterocycles. The molecule has 56 valence electrons. The molecule has 0 aromatic rings. The van der Waals surface area contributed by atoms with Crippen molar-refractivity contribution in [2.75, 3.05) is 12.9 Å². The van der Waals surface area contributed by atoms with Crippen molar-refractivity contribution in [2.24, 2.45) is 0 Å². The average molecular weight is 156 g/mol. The third-order valence-corrected chi connectivity index (χ3v) is 1.27.